The molecule has 1 atom stereocenters. The minimum Gasteiger partial charge on any atom is -0.495 e. The highest BCUT2D eigenvalue weighted by Crippen LogP contribution is 2.32. The number of methoxy groups -OCH3 is 1. The van der Waals surface area contributed by atoms with Crippen LogP contribution >= 0.6 is 0 Å². The molecule has 1 heterocycles. The molecule has 1 unspecified atom stereocenters. The smallest absolute Gasteiger partial charge is 0.326 e. The maximum atomic E-state index is 13.9. The lowest BCUT2D eigenvalue weighted by Crippen LogP contribution is -2.41. The number of hydrogen-bond acceptors (Lipinski definition) is 4. The SMILES string of the molecule is COc1cc(F)cc(F)c1S(=O)(=O)N1CC=CC1C(=O)O. The maximum Gasteiger partial charge on any atom is 0.326 e. The van der Waals surface area contributed by atoms with Gasteiger partial charge in [0.1, 0.15) is 23.4 Å². The van der Waals surface area contributed by atoms with Crippen molar-refractivity contribution in [2.75, 3.05) is 13.7 Å². The van der Waals surface area contributed by atoms with E-state index in [0.29, 0.717) is 10.4 Å². The first-order chi connectivity index (χ1) is 9.78. The first-order valence-electron chi connectivity index (χ1n) is 5.73. The predicted octanol–water partition coefficient (Wildman–Crippen LogP) is 0.987. The normalized spacial score (nSPS) is 18.9. The number of rotatable bonds is 4. The number of ether oxygens (including phenoxy) is 1. The molecule has 0 bridgehead atoms. The van der Waals surface area contributed by atoms with E-state index in [2.05, 4.69) is 0 Å². The molecule has 0 aromatic heterocycles. The molecule has 1 aliphatic heterocycles. The van der Waals surface area contributed by atoms with Gasteiger partial charge in [-0.05, 0) is 0 Å². The summed E-state index contributed by atoms with van der Waals surface area (Å²) in [6, 6.07) is -0.326. The minimum absolute atomic E-state index is 0.223. The van der Waals surface area contributed by atoms with Crippen LogP contribution in [0.25, 0.3) is 0 Å². The van der Waals surface area contributed by atoms with Gasteiger partial charge in [-0.15, -0.1) is 0 Å². The molecule has 0 aliphatic carbocycles. The molecule has 0 radical (unpaired) electrons. The Balaban J connectivity index is 2.58. The predicted molar refractivity (Wildman–Crippen MR) is 67.4 cm³/mol. The fourth-order valence-corrected chi connectivity index (χ4v) is 3.69. The lowest BCUT2D eigenvalue weighted by Gasteiger charge is -2.22. The number of benzene rings is 1. The van der Waals surface area contributed by atoms with Gasteiger partial charge in [-0.1, -0.05) is 12.2 Å². The minimum atomic E-state index is -4.50. The van der Waals surface area contributed by atoms with Crippen LogP contribution in [0.15, 0.2) is 29.2 Å². The van der Waals surface area contributed by atoms with E-state index in [-0.39, 0.29) is 6.54 Å². The van der Waals surface area contributed by atoms with Gasteiger partial charge in [0, 0.05) is 18.7 Å². The molecule has 2 rings (SSSR count). The summed E-state index contributed by atoms with van der Waals surface area (Å²) in [5.74, 6) is -4.27. The van der Waals surface area contributed by atoms with Crippen molar-refractivity contribution in [1.82, 2.24) is 4.31 Å². The van der Waals surface area contributed by atoms with E-state index in [9.17, 15) is 22.0 Å². The summed E-state index contributed by atoms with van der Waals surface area (Å²) in [5.41, 5.74) is 0. The number of carboxylic acid groups (broad SMARTS) is 1. The lowest BCUT2D eigenvalue weighted by molar-refractivity contribution is -0.139. The molecule has 1 aliphatic rings. The standard InChI is InChI=1S/C12H11F2NO5S/c1-20-10-6-7(13)5-8(14)11(10)21(18,19)15-4-2-3-9(15)12(16)17/h2-3,5-6,9H,4H2,1H3,(H,16,17). The van der Waals surface area contributed by atoms with Gasteiger partial charge in [0.2, 0.25) is 0 Å². The average Bonchev–Trinajstić information content (AvgIpc) is 2.87. The second kappa shape index (κ2) is 5.41. The van der Waals surface area contributed by atoms with Crippen LogP contribution in [-0.2, 0) is 14.8 Å². The van der Waals surface area contributed by atoms with E-state index in [1.165, 1.54) is 12.2 Å². The van der Waals surface area contributed by atoms with Crippen LogP contribution in [0.3, 0.4) is 0 Å². The molecular weight excluding hydrogens is 308 g/mol. The molecule has 1 aromatic carbocycles. The molecule has 0 amide bonds. The molecule has 1 N–H and O–H groups in total. The molecule has 114 valence electrons. The number of sulfonamides is 1. The Labute approximate surface area is 119 Å². The quantitative estimate of drug-likeness (QED) is 0.837. The number of nitrogens with zero attached hydrogens (tertiary/aromatic N) is 1. The largest absolute Gasteiger partial charge is 0.495 e. The van der Waals surface area contributed by atoms with Crippen LogP contribution in [0, 0.1) is 11.6 Å². The van der Waals surface area contributed by atoms with Gasteiger partial charge in [-0.25, -0.2) is 17.2 Å². The highest BCUT2D eigenvalue weighted by Gasteiger charge is 2.39. The summed E-state index contributed by atoms with van der Waals surface area (Å²) in [6.07, 6.45) is 2.51. The Bertz CT molecular complexity index is 717. The van der Waals surface area contributed by atoms with E-state index >= 15 is 0 Å². The topological polar surface area (TPSA) is 83.9 Å². The average molecular weight is 319 g/mol. The highest BCUT2D eigenvalue weighted by molar-refractivity contribution is 7.89. The van der Waals surface area contributed by atoms with Gasteiger partial charge in [-0.2, -0.15) is 4.31 Å². The van der Waals surface area contributed by atoms with Crippen molar-refractivity contribution in [2.24, 2.45) is 0 Å². The van der Waals surface area contributed by atoms with Gasteiger partial charge < -0.3 is 9.84 Å². The molecule has 0 saturated heterocycles. The second-order valence-electron chi connectivity index (χ2n) is 4.20. The van der Waals surface area contributed by atoms with E-state index in [4.69, 9.17) is 9.84 Å². The zero-order valence-electron chi connectivity index (χ0n) is 10.8. The first kappa shape index (κ1) is 15.4. The van der Waals surface area contributed by atoms with Gasteiger partial charge in [-0.3, -0.25) is 4.79 Å². The molecule has 0 fully saturated rings. The fourth-order valence-electron chi connectivity index (χ4n) is 2.01. The summed E-state index contributed by atoms with van der Waals surface area (Å²) < 4.78 is 57.2. The number of halogens is 2. The van der Waals surface area contributed by atoms with E-state index in [0.717, 1.165) is 13.2 Å². The zero-order valence-corrected chi connectivity index (χ0v) is 11.6. The van der Waals surface area contributed by atoms with Gasteiger partial charge in [0.25, 0.3) is 10.0 Å². The van der Waals surface area contributed by atoms with Crippen LogP contribution < -0.4 is 4.74 Å². The lowest BCUT2D eigenvalue weighted by atomic mass is 10.3. The Kier molecular flexibility index (Phi) is 3.97. The molecule has 21 heavy (non-hydrogen) atoms. The maximum absolute atomic E-state index is 13.9. The third-order valence-electron chi connectivity index (χ3n) is 2.93. The third kappa shape index (κ3) is 2.61. The van der Waals surface area contributed by atoms with E-state index in [1.54, 1.807) is 0 Å². The summed E-state index contributed by atoms with van der Waals surface area (Å²) >= 11 is 0. The monoisotopic (exact) mass is 319 g/mol. The van der Waals surface area contributed by atoms with Crippen molar-refractivity contribution in [2.45, 2.75) is 10.9 Å². The van der Waals surface area contributed by atoms with Crippen molar-refractivity contribution in [3.05, 3.63) is 35.9 Å². The summed E-state index contributed by atoms with van der Waals surface area (Å²) in [5, 5.41) is 8.99. The Hall–Kier alpha value is -2.00. The molecule has 0 saturated carbocycles. The summed E-state index contributed by atoms with van der Waals surface area (Å²) in [7, 11) is -3.44. The fraction of sp³-hybridized carbons (Fsp3) is 0.250. The van der Waals surface area contributed by atoms with Gasteiger partial charge in [0.15, 0.2) is 4.90 Å². The zero-order chi connectivity index (χ0) is 15.8. The molecule has 9 heteroatoms. The van der Waals surface area contributed by atoms with Crippen LogP contribution in [0.4, 0.5) is 8.78 Å². The van der Waals surface area contributed by atoms with Crippen LogP contribution in [0.5, 0.6) is 5.75 Å². The number of carboxylic acids is 1. The Morgan fingerprint density at radius 1 is 1.43 bits per heavy atom. The Morgan fingerprint density at radius 2 is 2.10 bits per heavy atom. The number of carbonyl (C=O) groups is 1. The van der Waals surface area contributed by atoms with Crippen molar-refractivity contribution >= 4 is 16.0 Å². The molecule has 6 nitrogen and oxygen atoms in total. The van der Waals surface area contributed by atoms with Gasteiger partial charge >= 0.3 is 5.97 Å². The van der Waals surface area contributed by atoms with Crippen molar-refractivity contribution in [3.8, 4) is 5.75 Å². The van der Waals surface area contributed by atoms with Gasteiger partial charge in [0.05, 0.1) is 7.11 Å². The molecular formula is C12H11F2NO5S. The number of hydrogen-bond donors (Lipinski definition) is 1. The summed E-state index contributed by atoms with van der Waals surface area (Å²) in [6.45, 7) is -0.223. The van der Waals surface area contributed by atoms with Crippen LogP contribution in [-0.4, -0.2) is 43.5 Å². The van der Waals surface area contributed by atoms with E-state index in [1.807, 2.05) is 0 Å². The molecule has 0 spiro atoms. The van der Waals surface area contributed by atoms with Crippen molar-refractivity contribution < 1.29 is 31.8 Å². The van der Waals surface area contributed by atoms with E-state index < -0.39 is 44.3 Å². The number of aliphatic carboxylic acids is 1. The first-order valence-corrected chi connectivity index (χ1v) is 7.17. The van der Waals surface area contributed by atoms with Crippen molar-refractivity contribution in [1.29, 1.82) is 0 Å². The third-order valence-corrected chi connectivity index (χ3v) is 4.83. The van der Waals surface area contributed by atoms with Crippen LogP contribution in [0.2, 0.25) is 0 Å². The Morgan fingerprint density at radius 3 is 2.67 bits per heavy atom. The molecule has 1 aromatic rings. The second-order valence-corrected chi connectivity index (χ2v) is 6.03. The van der Waals surface area contributed by atoms with Crippen molar-refractivity contribution in [3.63, 3.8) is 0 Å². The highest BCUT2D eigenvalue weighted by atomic mass is 32.2. The summed E-state index contributed by atoms with van der Waals surface area (Å²) in [4.78, 5) is 10.2. The van der Waals surface area contributed by atoms with Crippen LogP contribution in [0.1, 0.15) is 0 Å².